The molecule has 1 saturated carbocycles. The molecule has 0 aromatic rings. The van der Waals surface area contributed by atoms with Gasteiger partial charge in [-0.3, -0.25) is 0 Å². The first-order valence-electron chi connectivity index (χ1n) is 5.79. The molecule has 1 aliphatic rings. The lowest BCUT2D eigenvalue weighted by molar-refractivity contribution is -0.757. The van der Waals surface area contributed by atoms with Gasteiger partial charge in [-0.1, -0.05) is 6.42 Å². The van der Waals surface area contributed by atoms with Crippen molar-refractivity contribution in [3.63, 3.8) is 0 Å². The molecule has 0 unspecified atom stereocenters. The Labute approximate surface area is 99.1 Å². The Morgan fingerprint density at radius 2 is 1.94 bits per heavy atom. The fraction of sp³-hybridized carbons (Fsp3) is 0.900. The van der Waals surface area contributed by atoms with Crippen LogP contribution in [0, 0.1) is 10.1 Å². The van der Waals surface area contributed by atoms with Crippen LogP contribution < -0.4 is 0 Å². The second-order valence-electron chi connectivity index (χ2n) is 3.89. The van der Waals surface area contributed by atoms with E-state index in [-0.39, 0.29) is 25.7 Å². The van der Waals surface area contributed by atoms with Crippen molar-refractivity contribution in [2.45, 2.75) is 44.6 Å². The zero-order chi connectivity index (χ0) is 12.5. The van der Waals surface area contributed by atoms with Gasteiger partial charge in [0, 0.05) is 6.42 Å². The molecule has 0 radical (unpaired) electrons. The number of hydrogen-bond acceptors (Lipinski definition) is 6. The summed E-state index contributed by atoms with van der Waals surface area (Å²) in [6.07, 6.45) is 4.67. The van der Waals surface area contributed by atoms with E-state index in [1.54, 1.807) is 0 Å². The van der Waals surface area contributed by atoms with E-state index in [2.05, 4.69) is 4.84 Å². The van der Waals surface area contributed by atoms with Crippen LogP contribution in [0.1, 0.15) is 38.5 Å². The first-order chi connectivity index (χ1) is 8.18. The van der Waals surface area contributed by atoms with Gasteiger partial charge in [0.1, 0.15) is 6.10 Å². The summed E-state index contributed by atoms with van der Waals surface area (Å²) in [6, 6.07) is 0. The van der Waals surface area contributed by atoms with Crippen LogP contribution in [0.25, 0.3) is 0 Å². The lowest BCUT2D eigenvalue weighted by Crippen LogP contribution is -2.22. The summed E-state index contributed by atoms with van der Waals surface area (Å²) < 4.78 is 9.85. The first kappa shape index (κ1) is 13.5. The van der Waals surface area contributed by atoms with E-state index in [4.69, 9.17) is 9.47 Å². The minimum absolute atomic E-state index is 0.0359. The van der Waals surface area contributed by atoms with Crippen LogP contribution in [0.15, 0.2) is 0 Å². The Morgan fingerprint density at radius 1 is 1.24 bits per heavy atom. The highest BCUT2D eigenvalue weighted by atomic mass is 16.9. The Kier molecular flexibility index (Phi) is 6.13. The van der Waals surface area contributed by atoms with Gasteiger partial charge in [-0.2, -0.15) is 0 Å². The number of ether oxygens (including phenoxy) is 2. The Hall–Kier alpha value is -1.53. The van der Waals surface area contributed by atoms with E-state index in [0.29, 0.717) is 0 Å². The van der Waals surface area contributed by atoms with Crippen molar-refractivity contribution >= 4 is 6.16 Å². The van der Waals surface area contributed by atoms with Crippen LogP contribution in [-0.2, 0) is 14.3 Å². The molecule has 0 aromatic heterocycles. The number of rotatable bonds is 6. The van der Waals surface area contributed by atoms with Crippen LogP contribution in [0.5, 0.6) is 0 Å². The molecule has 0 aromatic carbocycles. The fourth-order valence-corrected chi connectivity index (χ4v) is 1.71. The second-order valence-corrected chi connectivity index (χ2v) is 3.89. The van der Waals surface area contributed by atoms with Gasteiger partial charge in [-0.15, -0.1) is 10.1 Å². The summed E-state index contributed by atoms with van der Waals surface area (Å²) >= 11 is 0. The van der Waals surface area contributed by atoms with Crippen molar-refractivity contribution in [2.24, 2.45) is 0 Å². The van der Waals surface area contributed by atoms with Gasteiger partial charge in [-0.05, 0) is 25.7 Å². The average molecular weight is 247 g/mol. The molecule has 0 amide bonds. The maximum Gasteiger partial charge on any atom is 0.508 e. The lowest BCUT2D eigenvalue weighted by Gasteiger charge is -2.21. The van der Waals surface area contributed by atoms with Crippen molar-refractivity contribution in [2.75, 3.05) is 13.2 Å². The predicted octanol–water partition coefficient (Wildman–Crippen LogP) is 2.07. The molecule has 0 saturated heterocycles. The summed E-state index contributed by atoms with van der Waals surface area (Å²) in [7, 11) is 0. The van der Waals surface area contributed by atoms with Crippen molar-refractivity contribution in [1.29, 1.82) is 0 Å². The highest BCUT2D eigenvalue weighted by molar-refractivity contribution is 5.60. The average Bonchev–Trinajstić information content (AvgIpc) is 2.29. The molecule has 1 aliphatic carbocycles. The van der Waals surface area contributed by atoms with E-state index >= 15 is 0 Å². The highest BCUT2D eigenvalue weighted by Gasteiger charge is 2.18. The standard InChI is InChI=1S/C10H17NO6/c12-10(15-7-4-8-16-11(13)14)17-9-5-2-1-3-6-9/h9H,1-8H2. The van der Waals surface area contributed by atoms with Crippen molar-refractivity contribution in [3.05, 3.63) is 10.1 Å². The number of carbonyl (C=O) groups excluding carboxylic acids is 1. The van der Waals surface area contributed by atoms with Crippen LogP contribution >= 0.6 is 0 Å². The Balaban J connectivity index is 1.98. The molecule has 0 heterocycles. The number of carbonyl (C=O) groups is 1. The molecule has 0 aliphatic heterocycles. The van der Waals surface area contributed by atoms with E-state index < -0.39 is 11.2 Å². The van der Waals surface area contributed by atoms with Gasteiger partial charge in [0.25, 0.3) is 5.09 Å². The zero-order valence-electron chi connectivity index (χ0n) is 9.63. The fourth-order valence-electron chi connectivity index (χ4n) is 1.71. The molecule has 1 fully saturated rings. The molecule has 7 heteroatoms. The van der Waals surface area contributed by atoms with Crippen molar-refractivity contribution < 1.29 is 24.2 Å². The molecular weight excluding hydrogens is 230 g/mol. The zero-order valence-corrected chi connectivity index (χ0v) is 9.63. The third kappa shape index (κ3) is 6.60. The Bertz CT molecular complexity index is 251. The largest absolute Gasteiger partial charge is 0.508 e. The topological polar surface area (TPSA) is 87.9 Å². The summed E-state index contributed by atoms with van der Waals surface area (Å²) in [4.78, 5) is 25.1. The van der Waals surface area contributed by atoms with E-state index in [9.17, 15) is 14.9 Å². The summed E-state index contributed by atoms with van der Waals surface area (Å²) in [5.41, 5.74) is 0. The second kappa shape index (κ2) is 7.70. The molecule has 17 heavy (non-hydrogen) atoms. The third-order valence-electron chi connectivity index (χ3n) is 2.52. The molecule has 0 N–H and O–H groups in total. The van der Waals surface area contributed by atoms with Crippen molar-refractivity contribution in [3.8, 4) is 0 Å². The number of nitrogens with zero attached hydrogens (tertiary/aromatic N) is 1. The van der Waals surface area contributed by atoms with Crippen LogP contribution in [0.2, 0.25) is 0 Å². The summed E-state index contributed by atoms with van der Waals surface area (Å²) in [5.74, 6) is 0. The normalized spacial score (nSPS) is 16.2. The van der Waals surface area contributed by atoms with E-state index in [1.165, 1.54) is 6.42 Å². The molecule has 7 nitrogen and oxygen atoms in total. The van der Waals surface area contributed by atoms with Crippen molar-refractivity contribution in [1.82, 2.24) is 0 Å². The summed E-state index contributed by atoms with van der Waals surface area (Å²) in [5, 5.41) is 8.94. The van der Waals surface area contributed by atoms with Gasteiger partial charge in [0.05, 0.1) is 13.2 Å². The van der Waals surface area contributed by atoms with E-state index in [0.717, 1.165) is 25.7 Å². The van der Waals surface area contributed by atoms with Gasteiger partial charge in [0.15, 0.2) is 0 Å². The van der Waals surface area contributed by atoms with Gasteiger partial charge in [-0.25, -0.2) is 4.79 Å². The van der Waals surface area contributed by atoms with E-state index in [1.807, 2.05) is 0 Å². The lowest BCUT2D eigenvalue weighted by atomic mass is 9.98. The molecule has 0 atom stereocenters. The molecule has 98 valence electrons. The molecular formula is C10H17NO6. The minimum Gasteiger partial charge on any atom is -0.434 e. The SMILES string of the molecule is O=C(OCCCO[N+](=O)[O-])OC1CCCCC1. The van der Waals surface area contributed by atoms with Gasteiger partial charge >= 0.3 is 6.16 Å². The number of hydrogen-bond donors (Lipinski definition) is 0. The predicted molar refractivity (Wildman–Crippen MR) is 56.9 cm³/mol. The molecule has 1 rings (SSSR count). The van der Waals surface area contributed by atoms with Crippen LogP contribution in [-0.4, -0.2) is 30.6 Å². The maximum atomic E-state index is 11.2. The van der Waals surface area contributed by atoms with Crippen LogP contribution in [0.4, 0.5) is 4.79 Å². The molecule has 0 spiro atoms. The van der Waals surface area contributed by atoms with Gasteiger partial charge < -0.3 is 14.3 Å². The minimum atomic E-state index is -0.875. The Morgan fingerprint density at radius 3 is 2.59 bits per heavy atom. The maximum absolute atomic E-state index is 11.2. The highest BCUT2D eigenvalue weighted by Crippen LogP contribution is 2.20. The monoisotopic (exact) mass is 247 g/mol. The first-order valence-corrected chi connectivity index (χ1v) is 5.79. The third-order valence-corrected chi connectivity index (χ3v) is 2.52. The smallest absolute Gasteiger partial charge is 0.434 e. The van der Waals surface area contributed by atoms with Crippen LogP contribution in [0.3, 0.4) is 0 Å². The quantitative estimate of drug-likeness (QED) is 0.309. The summed E-state index contributed by atoms with van der Waals surface area (Å²) in [6.45, 7) is -0.0108. The van der Waals surface area contributed by atoms with Gasteiger partial charge in [0.2, 0.25) is 0 Å². The molecule has 0 bridgehead atoms.